The Kier molecular flexibility index (Phi) is 4.43. The van der Waals surface area contributed by atoms with Crippen molar-refractivity contribution >= 4 is 21.4 Å². The van der Waals surface area contributed by atoms with Crippen LogP contribution in [0.4, 0.5) is 0 Å². The highest BCUT2D eigenvalue weighted by atomic mass is 32.2. The summed E-state index contributed by atoms with van der Waals surface area (Å²) in [6, 6.07) is 3.50. The Morgan fingerprint density at radius 3 is 2.64 bits per heavy atom. The summed E-state index contributed by atoms with van der Waals surface area (Å²) < 4.78 is 32.7. The number of aromatic nitrogens is 2. The zero-order valence-corrected chi connectivity index (χ0v) is 15.6. The third-order valence-electron chi connectivity index (χ3n) is 5.03. The van der Waals surface area contributed by atoms with Crippen molar-refractivity contribution in [3.05, 3.63) is 28.7 Å². The monoisotopic (exact) mass is 382 g/mol. The molecule has 2 fully saturated rings. The molecular weight excluding hydrogens is 360 g/mol. The van der Waals surface area contributed by atoms with Gasteiger partial charge in [0.2, 0.25) is 5.89 Å². The molecule has 0 atom stereocenters. The van der Waals surface area contributed by atoms with Crippen molar-refractivity contribution in [2.75, 3.05) is 13.1 Å². The highest BCUT2D eigenvalue weighted by molar-refractivity contribution is 7.91. The van der Waals surface area contributed by atoms with Crippen LogP contribution in [0.1, 0.15) is 55.1 Å². The van der Waals surface area contributed by atoms with Crippen molar-refractivity contribution in [2.24, 2.45) is 5.73 Å². The predicted molar refractivity (Wildman–Crippen MR) is 93.7 cm³/mol. The predicted octanol–water partition coefficient (Wildman–Crippen LogP) is 2.23. The lowest BCUT2D eigenvalue weighted by Gasteiger charge is -2.34. The highest BCUT2D eigenvalue weighted by Crippen LogP contribution is 2.37. The molecule has 0 bridgehead atoms. The Bertz CT molecular complexity index is 848. The van der Waals surface area contributed by atoms with E-state index in [4.69, 9.17) is 10.3 Å². The average Bonchev–Trinajstić information content (AvgIpc) is 3.24. The molecule has 2 N–H and O–H groups in total. The molecule has 9 heteroatoms. The van der Waals surface area contributed by atoms with Crippen LogP contribution in [0, 0.1) is 0 Å². The third-order valence-corrected chi connectivity index (χ3v) is 8.48. The Morgan fingerprint density at radius 2 is 1.96 bits per heavy atom. The molecule has 136 valence electrons. The Hall–Kier alpha value is -1.29. The molecule has 0 aromatic carbocycles. The first-order valence-corrected chi connectivity index (χ1v) is 10.9. The zero-order valence-electron chi connectivity index (χ0n) is 14.0. The number of thiophene rings is 1. The van der Waals surface area contributed by atoms with Crippen molar-refractivity contribution in [3.8, 4) is 0 Å². The molecule has 0 amide bonds. The number of piperidine rings is 1. The first kappa shape index (κ1) is 17.1. The van der Waals surface area contributed by atoms with E-state index in [0.29, 0.717) is 35.4 Å². The van der Waals surface area contributed by atoms with Gasteiger partial charge in [-0.3, -0.25) is 0 Å². The summed E-state index contributed by atoms with van der Waals surface area (Å²) in [5.41, 5.74) is 5.76. The molecule has 0 radical (unpaired) electrons. The number of nitrogens with two attached hydrogens (primary N) is 1. The molecule has 3 heterocycles. The molecule has 1 saturated carbocycles. The van der Waals surface area contributed by atoms with Gasteiger partial charge in [-0.15, -0.1) is 11.3 Å². The van der Waals surface area contributed by atoms with E-state index in [2.05, 4.69) is 10.1 Å². The Labute approximate surface area is 151 Å². The van der Waals surface area contributed by atoms with Crippen LogP contribution in [0.2, 0.25) is 0 Å². The van der Waals surface area contributed by atoms with Crippen LogP contribution < -0.4 is 5.73 Å². The van der Waals surface area contributed by atoms with Crippen LogP contribution >= 0.6 is 11.3 Å². The van der Waals surface area contributed by atoms with Gasteiger partial charge in [0.15, 0.2) is 5.82 Å². The van der Waals surface area contributed by atoms with Gasteiger partial charge in [0.05, 0.1) is 12.0 Å². The van der Waals surface area contributed by atoms with Gasteiger partial charge in [0.1, 0.15) is 4.21 Å². The molecule has 1 aliphatic carbocycles. The van der Waals surface area contributed by atoms with Crippen molar-refractivity contribution in [2.45, 2.75) is 54.7 Å². The summed E-state index contributed by atoms with van der Waals surface area (Å²) in [7, 11) is -3.38. The molecule has 25 heavy (non-hydrogen) atoms. The van der Waals surface area contributed by atoms with E-state index in [1.54, 1.807) is 10.4 Å². The molecule has 1 aliphatic heterocycles. The number of rotatable bonds is 5. The van der Waals surface area contributed by atoms with E-state index in [1.165, 1.54) is 11.3 Å². The molecule has 7 nitrogen and oxygen atoms in total. The van der Waals surface area contributed by atoms with Gasteiger partial charge in [-0.2, -0.15) is 9.29 Å². The Balaban J connectivity index is 1.48. The standard InChI is InChI=1S/C16H22N4O3S2/c17-16(7-4-8-16)15-18-13(23-19-15)11-12-5-6-14(24-12)25(21,22)20-9-2-1-3-10-20/h5-6H,1-4,7-11,17H2. The normalized spacial score (nSPS) is 21.2. The molecule has 1 saturated heterocycles. The molecule has 0 unspecified atom stereocenters. The lowest BCUT2D eigenvalue weighted by molar-refractivity contribution is 0.229. The van der Waals surface area contributed by atoms with E-state index < -0.39 is 15.6 Å². The van der Waals surface area contributed by atoms with E-state index in [-0.39, 0.29) is 0 Å². The van der Waals surface area contributed by atoms with Crippen molar-refractivity contribution in [1.82, 2.24) is 14.4 Å². The topological polar surface area (TPSA) is 102 Å². The molecule has 2 aromatic rings. The maximum Gasteiger partial charge on any atom is 0.252 e. The second-order valence-electron chi connectivity index (χ2n) is 6.88. The van der Waals surface area contributed by atoms with Gasteiger partial charge in [0.25, 0.3) is 10.0 Å². The lowest BCUT2D eigenvalue weighted by Crippen LogP contribution is -2.44. The van der Waals surface area contributed by atoms with Gasteiger partial charge in [-0.1, -0.05) is 11.6 Å². The second kappa shape index (κ2) is 6.46. The summed E-state index contributed by atoms with van der Waals surface area (Å²) in [4.78, 5) is 5.30. The van der Waals surface area contributed by atoms with Crippen molar-refractivity contribution in [3.63, 3.8) is 0 Å². The smallest absolute Gasteiger partial charge is 0.252 e. The van der Waals surface area contributed by atoms with Crippen LogP contribution in [0.3, 0.4) is 0 Å². The summed E-state index contributed by atoms with van der Waals surface area (Å²) in [6.45, 7) is 1.22. The second-order valence-corrected chi connectivity index (χ2v) is 10.2. The van der Waals surface area contributed by atoms with E-state index in [1.807, 2.05) is 6.07 Å². The van der Waals surface area contributed by atoms with E-state index >= 15 is 0 Å². The summed E-state index contributed by atoms with van der Waals surface area (Å²) in [5.74, 6) is 1.04. The SMILES string of the molecule is NC1(c2noc(Cc3ccc(S(=O)(=O)N4CCCCC4)s3)n2)CCC1. The lowest BCUT2D eigenvalue weighted by atomic mass is 9.77. The largest absolute Gasteiger partial charge is 0.339 e. The first-order valence-electron chi connectivity index (χ1n) is 8.68. The summed E-state index contributed by atoms with van der Waals surface area (Å²) in [6.07, 6.45) is 6.24. The highest BCUT2D eigenvalue weighted by Gasteiger charge is 2.39. The number of hydrogen-bond donors (Lipinski definition) is 1. The van der Waals surface area contributed by atoms with Gasteiger partial charge in [-0.25, -0.2) is 8.42 Å². The average molecular weight is 383 g/mol. The number of hydrogen-bond acceptors (Lipinski definition) is 7. The third kappa shape index (κ3) is 3.25. The Morgan fingerprint density at radius 1 is 1.20 bits per heavy atom. The van der Waals surface area contributed by atoms with Gasteiger partial charge in [0, 0.05) is 18.0 Å². The number of sulfonamides is 1. The maximum absolute atomic E-state index is 12.7. The van der Waals surface area contributed by atoms with Crippen LogP contribution in [0.15, 0.2) is 20.9 Å². The summed E-state index contributed by atoms with van der Waals surface area (Å²) in [5, 5.41) is 4.00. The van der Waals surface area contributed by atoms with Crippen molar-refractivity contribution in [1.29, 1.82) is 0 Å². The van der Waals surface area contributed by atoms with Gasteiger partial charge >= 0.3 is 0 Å². The molecule has 0 spiro atoms. The van der Waals surface area contributed by atoms with Crippen molar-refractivity contribution < 1.29 is 12.9 Å². The van der Waals surface area contributed by atoms with Crippen LogP contribution in [0.5, 0.6) is 0 Å². The van der Waals surface area contributed by atoms with Crippen LogP contribution in [-0.4, -0.2) is 36.0 Å². The fourth-order valence-corrected chi connectivity index (χ4v) is 6.30. The quantitative estimate of drug-likeness (QED) is 0.851. The maximum atomic E-state index is 12.7. The summed E-state index contributed by atoms with van der Waals surface area (Å²) >= 11 is 1.28. The molecular formula is C16H22N4O3S2. The minimum Gasteiger partial charge on any atom is -0.339 e. The molecule has 2 aromatic heterocycles. The number of nitrogens with zero attached hydrogens (tertiary/aromatic N) is 3. The van der Waals surface area contributed by atoms with E-state index in [0.717, 1.165) is 43.4 Å². The molecule has 4 rings (SSSR count). The van der Waals surface area contributed by atoms with Crippen LogP contribution in [0.25, 0.3) is 0 Å². The van der Waals surface area contributed by atoms with Gasteiger partial charge in [-0.05, 0) is 44.2 Å². The minimum absolute atomic E-state index is 0.387. The first-order chi connectivity index (χ1) is 12.0. The molecule has 2 aliphatic rings. The minimum atomic E-state index is -3.38. The van der Waals surface area contributed by atoms with Gasteiger partial charge < -0.3 is 10.3 Å². The zero-order chi connectivity index (χ0) is 17.5. The van der Waals surface area contributed by atoms with Crippen LogP contribution in [-0.2, 0) is 22.0 Å². The fourth-order valence-electron chi connectivity index (χ4n) is 3.28. The van der Waals surface area contributed by atoms with E-state index in [9.17, 15) is 8.42 Å². The fraction of sp³-hybridized carbons (Fsp3) is 0.625.